The Morgan fingerprint density at radius 2 is 2.14 bits per heavy atom. The fourth-order valence-electron chi connectivity index (χ4n) is 2.90. The molecule has 2 rings (SSSR count). The van der Waals surface area contributed by atoms with E-state index in [1.165, 1.54) is 0 Å². The van der Waals surface area contributed by atoms with Crippen LogP contribution in [0.2, 0.25) is 0 Å². The number of nitrogens with zero attached hydrogens (tertiary/aromatic N) is 1. The Morgan fingerprint density at radius 1 is 1.43 bits per heavy atom. The van der Waals surface area contributed by atoms with Gasteiger partial charge in [0.1, 0.15) is 5.75 Å². The van der Waals surface area contributed by atoms with Crippen LogP contribution in [0.25, 0.3) is 0 Å². The van der Waals surface area contributed by atoms with Gasteiger partial charge in [0.2, 0.25) is 0 Å². The largest absolute Gasteiger partial charge is 0.497 e. The quantitative estimate of drug-likeness (QED) is 0.824. The topological polar surface area (TPSA) is 68.0 Å². The van der Waals surface area contributed by atoms with Gasteiger partial charge in [-0.15, -0.1) is 0 Å². The highest BCUT2D eigenvalue weighted by molar-refractivity contribution is 5.30. The third-order valence-electron chi connectivity index (χ3n) is 4.18. The van der Waals surface area contributed by atoms with Crippen LogP contribution in [0.5, 0.6) is 5.75 Å². The van der Waals surface area contributed by atoms with Crippen LogP contribution in [0.1, 0.15) is 24.9 Å². The number of rotatable bonds is 6. The van der Waals surface area contributed by atoms with E-state index in [-0.39, 0.29) is 24.7 Å². The lowest BCUT2D eigenvalue weighted by molar-refractivity contribution is -0.0528. The normalized spacial score (nSPS) is 22.8. The molecule has 1 aromatic rings. The van der Waals surface area contributed by atoms with Crippen molar-refractivity contribution in [1.29, 1.82) is 0 Å². The molecule has 5 nitrogen and oxygen atoms in total. The number of hydrogen-bond donors (Lipinski definition) is 2. The molecular formula is C16H26N2O3. The van der Waals surface area contributed by atoms with E-state index >= 15 is 0 Å². The third kappa shape index (κ3) is 3.74. The Hall–Kier alpha value is -1.14. The Balaban J connectivity index is 2.27. The second kappa shape index (κ2) is 7.75. The summed E-state index contributed by atoms with van der Waals surface area (Å²) in [6, 6.07) is 8.14. The van der Waals surface area contributed by atoms with E-state index in [1.54, 1.807) is 7.11 Å². The number of benzene rings is 1. The van der Waals surface area contributed by atoms with Crippen molar-refractivity contribution in [3.05, 3.63) is 29.8 Å². The Labute approximate surface area is 126 Å². The highest BCUT2D eigenvalue weighted by atomic mass is 16.5. The molecule has 0 amide bonds. The maximum absolute atomic E-state index is 9.61. The molecule has 0 aromatic heterocycles. The summed E-state index contributed by atoms with van der Waals surface area (Å²) in [5.41, 5.74) is 7.53. The molecular weight excluding hydrogens is 268 g/mol. The van der Waals surface area contributed by atoms with E-state index in [0.29, 0.717) is 13.2 Å². The molecule has 21 heavy (non-hydrogen) atoms. The summed E-state index contributed by atoms with van der Waals surface area (Å²) >= 11 is 0. The van der Waals surface area contributed by atoms with Crippen molar-refractivity contribution >= 4 is 0 Å². The highest BCUT2D eigenvalue weighted by Gasteiger charge is 2.33. The zero-order valence-electron chi connectivity index (χ0n) is 12.9. The summed E-state index contributed by atoms with van der Waals surface area (Å²) in [5.74, 6) is 0.836. The standard InChI is InChI=1S/C16H26N2O3/c1-3-15(17)16(12-4-6-14(20-2)7-5-12)18-8-9-21-11-13(18)10-19/h4-7,13,15-16,19H,3,8-11,17H2,1-2H3. The van der Waals surface area contributed by atoms with Crippen molar-refractivity contribution < 1.29 is 14.6 Å². The predicted molar refractivity (Wildman–Crippen MR) is 82.4 cm³/mol. The third-order valence-corrected chi connectivity index (χ3v) is 4.18. The molecule has 1 aliphatic rings. The van der Waals surface area contributed by atoms with E-state index in [0.717, 1.165) is 24.3 Å². The summed E-state index contributed by atoms with van der Waals surface area (Å²) in [6.07, 6.45) is 0.881. The number of methoxy groups -OCH3 is 1. The molecule has 5 heteroatoms. The summed E-state index contributed by atoms with van der Waals surface area (Å²) < 4.78 is 10.7. The maximum atomic E-state index is 9.61. The van der Waals surface area contributed by atoms with Crippen molar-refractivity contribution in [3.8, 4) is 5.75 Å². The molecule has 1 aromatic carbocycles. The number of aliphatic hydroxyl groups excluding tert-OH is 1. The predicted octanol–water partition coefficient (Wildman–Crippen LogP) is 1.17. The lowest BCUT2D eigenvalue weighted by Crippen LogP contribution is -2.53. The zero-order chi connectivity index (χ0) is 15.2. The Bertz CT molecular complexity index is 424. The monoisotopic (exact) mass is 294 g/mol. The smallest absolute Gasteiger partial charge is 0.118 e. The average molecular weight is 294 g/mol. The molecule has 3 unspecified atom stereocenters. The van der Waals surface area contributed by atoms with Crippen LogP contribution in [-0.4, -0.2) is 55.6 Å². The minimum absolute atomic E-state index is 0.00320. The van der Waals surface area contributed by atoms with Gasteiger partial charge < -0.3 is 20.3 Å². The van der Waals surface area contributed by atoms with E-state index in [9.17, 15) is 5.11 Å². The molecule has 1 fully saturated rings. The summed E-state index contributed by atoms with van der Waals surface area (Å²) in [5, 5.41) is 9.61. The van der Waals surface area contributed by atoms with Crippen molar-refractivity contribution in [2.24, 2.45) is 5.73 Å². The van der Waals surface area contributed by atoms with E-state index in [1.807, 2.05) is 12.1 Å². The fraction of sp³-hybridized carbons (Fsp3) is 0.625. The Morgan fingerprint density at radius 3 is 2.71 bits per heavy atom. The van der Waals surface area contributed by atoms with Gasteiger partial charge in [-0.1, -0.05) is 19.1 Å². The summed E-state index contributed by atoms with van der Waals surface area (Å²) in [6.45, 7) is 4.20. The summed E-state index contributed by atoms with van der Waals surface area (Å²) in [7, 11) is 1.66. The van der Waals surface area contributed by atoms with Crippen LogP contribution < -0.4 is 10.5 Å². The summed E-state index contributed by atoms with van der Waals surface area (Å²) in [4.78, 5) is 2.28. The number of hydrogen-bond acceptors (Lipinski definition) is 5. The first-order chi connectivity index (χ1) is 10.2. The minimum Gasteiger partial charge on any atom is -0.497 e. The van der Waals surface area contributed by atoms with Gasteiger partial charge in [0, 0.05) is 12.6 Å². The van der Waals surface area contributed by atoms with Gasteiger partial charge >= 0.3 is 0 Å². The van der Waals surface area contributed by atoms with E-state index < -0.39 is 0 Å². The first-order valence-corrected chi connectivity index (χ1v) is 7.55. The molecule has 0 bridgehead atoms. The SMILES string of the molecule is CCC(N)C(c1ccc(OC)cc1)N1CCOCC1CO. The fourth-order valence-corrected chi connectivity index (χ4v) is 2.90. The van der Waals surface area contributed by atoms with Crippen LogP contribution in [0.3, 0.4) is 0 Å². The lowest BCUT2D eigenvalue weighted by Gasteiger charge is -2.42. The minimum atomic E-state index is 0.00320. The van der Waals surface area contributed by atoms with E-state index in [2.05, 4.69) is 24.0 Å². The highest BCUT2D eigenvalue weighted by Crippen LogP contribution is 2.29. The van der Waals surface area contributed by atoms with Crippen LogP contribution in [-0.2, 0) is 4.74 Å². The van der Waals surface area contributed by atoms with Gasteiger partial charge in [0.05, 0.1) is 39.0 Å². The molecule has 3 N–H and O–H groups in total. The average Bonchev–Trinajstić information content (AvgIpc) is 2.56. The molecule has 0 spiro atoms. The first-order valence-electron chi connectivity index (χ1n) is 7.55. The van der Waals surface area contributed by atoms with Crippen molar-refractivity contribution in [3.63, 3.8) is 0 Å². The van der Waals surface area contributed by atoms with E-state index in [4.69, 9.17) is 15.2 Å². The van der Waals surface area contributed by atoms with Crippen LogP contribution in [0.4, 0.5) is 0 Å². The molecule has 0 aliphatic carbocycles. The zero-order valence-corrected chi connectivity index (χ0v) is 12.9. The van der Waals surface area contributed by atoms with Crippen LogP contribution in [0, 0.1) is 0 Å². The van der Waals surface area contributed by atoms with Crippen LogP contribution >= 0.6 is 0 Å². The van der Waals surface area contributed by atoms with Crippen molar-refractivity contribution in [2.75, 3.05) is 33.5 Å². The second-order valence-corrected chi connectivity index (χ2v) is 5.44. The molecule has 0 radical (unpaired) electrons. The number of nitrogens with two attached hydrogens (primary N) is 1. The van der Waals surface area contributed by atoms with Crippen molar-refractivity contribution in [2.45, 2.75) is 31.5 Å². The van der Waals surface area contributed by atoms with Crippen LogP contribution in [0.15, 0.2) is 24.3 Å². The second-order valence-electron chi connectivity index (χ2n) is 5.44. The van der Waals surface area contributed by atoms with Gasteiger partial charge in [0.25, 0.3) is 0 Å². The van der Waals surface area contributed by atoms with Gasteiger partial charge in [-0.25, -0.2) is 0 Å². The molecule has 0 saturated carbocycles. The van der Waals surface area contributed by atoms with Crippen molar-refractivity contribution in [1.82, 2.24) is 4.90 Å². The molecule has 3 atom stereocenters. The number of aliphatic hydroxyl groups is 1. The van der Waals surface area contributed by atoms with Gasteiger partial charge in [-0.3, -0.25) is 4.90 Å². The Kier molecular flexibility index (Phi) is 5.99. The molecule has 1 saturated heterocycles. The van der Waals surface area contributed by atoms with Gasteiger partial charge in [-0.2, -0.15) is 0 Å². The molecule has 118 valence electrons. The van der Waals surface area contributed by atoms with Gasteiger partial charge in [0.15, 0.2) is 0 Å². The number of morpholine rings is 1. The number of ether oxygens (including phenoxy) is 2. The molecule has 1 aliphatic heterocycles. The lowest BCUT2D eigenvalue weighted by atomic mass is 9.94. The maximum Gasteiger partial charge on any atom is 0.118 e. The molecule has 1 heterocycles. The van der Waals surface area contributed by atoms with Gasteiger partial charge in [-0.05, 0) is 24.1 Å². The first kappa shape index (κ1) is 16.2.